The summed E-state index contributed by atoms with van der Waals surface area (Å²) >= 11 is 0. The molecule has 0 fully saturated rings. The molecule has 2 heterocycles. The lowest BCUT2D eigenvalue weighted by atomic mass is 9.92. The second kappa shape index (κ2) is 6.09. The van der Waals surface area contributed by atoms with Crippen molar-refractivity contribution in [3.63, 3.8) is 0 Å². The maximum Gasteiger partial charge on any atom is 0.243 e. The first-order valence-electron chi connectivity index (χ1n) is 6.83. The van der Waals surface area contributed by atoms with E-state index in [-0.39, 0.29) is 12.0 Å². The van der Waals surface area contributed by atoms with E-state index in [1.165, 1.54) is 0 Å². The molecule has 0 radical (unpaired) electrons. The van der Waals surface area contributed by atoms with Crippen LogP contribution in [0.25, 0.3) is 5.52 Å². The van der Waals surface area contributed by atoms with E-state index in [9.17, 15) is 4.79 Å². The van der Waals surface area contributed by atoms with Gasteiger partial charge in [0.25, 0.3) is 0 Å². The molecular weight excluding hydrogens is 270 g/mol. The molecule has 0 unspecified atom stereocenters. The first-order chi connectivity index (χ1) is 9.88. The number of nitrogens with one attached hydrogen (secondary N) is 1. The minimum absolute atomic E-state index is 0.0200. The molecule has 2 rings (SSSR count). The number of anilines is 1. The number of nitrogens with two attached hydrogens (primary N) is 1. The molecule has 3 N–H and O–H groups in total. The molecule has 2 aromatic rings. The van der Waals surface area contributed by atoms with Crippen molar-refractivity contribution in [2.45, 2.75) is 26.2 Å². The van der Waals surface area contributed by atoms with Crippen molar-refractivity contribution in [1.29, 1.82) is 0 Å². The monoisotopic (exact) mass is 291 g/mol. The molecule has 0 spiro atoms. The topological polar surface area (TPSA) is 94.5 Å². The lowest BCUT2D eigenvalue weighted by Crippen LogP contribution is -2.20. The molecular formula is C14H21N5O2. The van der Waals surface area contributed by atoms with Gasteiger partial charge in [-0.15, -0.1) is 0 Å². The number of primary amides is 1. The summed E-state index contributed by atoms with van der Waals surface area (Å²) in [6, 6.07) is 2.03. The van der Waals surface area contributed by atoms with Crippen LogP contribution < -0.4 is 11.1 Å². The summed E-state index contributed by atoms with van der Waals surface area (Å²) in [6.45, 7) is 7.20. The molecule has 0 bridgehead atoms. The fourth-order valence-corrected chi connectivity index (χ4v) is 1.84. The van der Waals surface area contributed by atoms with Crippen molar-refractivity contribution < 1.29 is 9.53 Å². The molecule has 1 amide bonds. The Hall–Kier alpha value is -2.15. The molecule has 7 nitrogen and oxygen atoms in total. The second-order valence-electron chi connectivity index (χ2n) is 5.83. The fraction of sp³-hybridized carbons (Fsp3) is 0.500. The standard InChI is InChI=1S/C14H21N5O2/c1-14(2,3)11-8-10-13(16-4-6-19(10)18-11)17-5-7-21-9-12(15)20/h4,6,8H,5,7,9H2,1-3H3,(H2,15,20)(H,16,17). The van der Waals surface area contributed by atoms with Gasteiger partial charge in [-0.25, -0.2) is 9.50 Å². The van der Waals surface area contributed by atoms with E-state index >= 15 is 0 Å². The average molecular weight is 291 g/mol. The largest absolute Gasteiger partial charge is 0.370 e. The van der Waals surface area contributed by atoms with Gasteiger partial charge in [-0.05, 0) is 6.07 Å². The van der Waals surface area contributed by atoms with Crippen LogP contribution in [0.4, 0.5) is 5.82 Å². The number of aromatic nitrogens is 3. The quantitative estimate of drug-likeness (QED) is 0.772. The van der Waals surface area contributed by atoms with E-state index in [1.54, 1.807) is 10.7 Å². The van der Waals surface area contributed by atoms with E-state index in [2.05, 4.69) is 36.2 Å². The first-order valence-corrected chi connectivity index (χ1v) is 6.83. The van der Waals surface area contributed by atoms with Crippen molar-refractivity contribution in [2.75, 3.05) is 25.1 Å². The highest BCUT2D eigenvalue weighted by Gasteiger charge is 2.18. The molecule has 0 atom stereocenters. The van der Waals surface area contributed by atoms with Crippen molar-refractivity contribution >= 4 is 17.2 Å². The Morgan fingerprint density at radius 1 is 1.48 bits per heavy atom. The minimum atomic E-state index is -0.471. The van der Waals surface area contributed by atoms with Gasteiger partial charge in [0.1, 0.15) is 12.1 Å². The van der Waals surface area contributed by atoms with Gasteiger partial charge in [0.15, 0.2) is 5.82 Å². The van der Waals surface area contributed by atoms with E-state index < -0.39 is 5.91 Å². The van der Waals surface area contributed by atoms with Gasteiger partial charge >= 0.3 is 0 Å². The van der Waals surface area contributed by atoms with Gasteiger partial charge in [-0.1, -0.05) is 20.8 Å². The average Bonchev–Trinajstić information content (AvgIpc) is 2.82. The number of amides is 1. The summed E-state index contributed by atoms with van der Waals surface area (Å²) in [5, 5.41) is 7.73. The van der Waals surface area contributed by atoms with Gasteiger partial charge in [-0.3, -0.25) is 4.79 Å². The zero-order chi connectivity index (χ0) is 15.5. The van der Waals surface area contributed by atoms with E-state index in [1.807, 2.05) is 12.3 Å². The number of hydrogen-bond donors (Lipinski definition) is 2. The number of ether oxygens (including phenoxy) is 1. The number of rotatable bonds is 6. The van der Waals surface area contributed by atoms with Crippen LogP contribution in [-0.2, 0) is 14.9 Å². The van der Waals surface area contributed by atoms with E-state index in [4.69, 9.17) is 10.5 Å². The Kier molecular flexibility index (Phi) is 4.42. The third-order valence-electron chi connectivity index (χ3n) is 2.94. The highest BCUT2D eigenvalue weighted by molar-refractivity contribution is 5.75. The Balaban J connectivity index is 2.06. The Bertz CT molecular complexity index is 630. The summed E-state index contributed by atoms with van der Waals surface area (Å²) < 4.78 is 6.91. The van der Waals surface area contributed by atoms with Gasteiger partial charge in [0, 0.05) is 24.4 Å². The molecule has 0 saturated heterocycles. The number of nitrogens with zero attached hydrogens (tertiary/aromatic N) is 3. The molecule has 2 aromatic heterocycles. The van der Waals surface area contributed by atoms with Crippen LogP contribution in [0, 0.1) is 0 Å². The summed E-state index contributed by atoms with van der Waals surface area (Å²) in [7, 11) is 0. The second-order valence-corrected chi connectivity index (χ2v) is 5.83. The predicted octanol–water partition coefficient (Wildman–Crippen LogP) is 0.941. The third-order valence-corrected chi connectivity index (χ3v) is 2.94. The van der Waals surface area contributed by atoms with Crippen molar-refractivity contribution in [3.05, 3.63) is 24.2 Å². The molecule has 0 saturated carbocycles. The SMILES string of the molecule is CC(C)(C)c1cc2c(NCCOCC(N)=O)nccn2n1. The Morgan fingerprint density at radius 2 is 2.24 bits per heavy atom. The van der Waals surface area contributed by atoms with Crippen LogP contribution in [0.3, 0.4) is 0 Å². The minimum Gasteiger partial charge on any atom is -0.370 e. The first kappa shape index (κ1) is 15.2. The lowest BCUT2D eigenvalue weighted by Gasteiger charge is -2.13. The summed E-state index contributed by atoms with van der Waals surface area (Å²) in [5.74, 6) is 0.268. The predicted molar refractivity (Wildman–Crippen MR) is 80.2 cm³/mol. The maximum atomic E-state index is 10.6. The van der Waals surface area contributed by atoms with Crippen LogP contribution in [-0.4, -0.2) is 40.3 Å². The molecule has 0 aromatic carbocycles. The van der Waals surface area contributed by atoms with Crippen LogP contribution in [0.1, 0.15) is 26.5 Å². The highest BCUT2D eigenvalue weighted by Crippen LogP contribution is 2.24. The lowest BCUT2D eigenvalue weighted by molar-refractivity contribution is -0.122. The normalized spacial score (nSPS) is 11.8. The van der Waals surface area contributed by atoms with Crippen LogP contribution in [0.15, 0.2) is 18.5 Å². The highest BCUT2D eigenvalue weighted by atomic mass is 16.5. The number of carbonyl (C=O) groups is 1. The van der Waals surface area contributed by atoms with Crippen LogP contribution in [0.5, 0.6) is 0 Å². The van der Waals surface area contributed by atoms with Gasteiger partial charge in [0.05, 0.1) is 12.3 Å². The number of carbonyl (C=O) groups excluding carboxylic acids is 1. The van der Waals surface area contributed by atoms with Crippen LogP contribution in [0.2, 0.25) is 0 Å². The molecule has 0 aliphatic heterocycles. The molecule has 114 valence electrons. The van der Waals surface area contributed by atoms with Gasteiger partial charge < -0.3 is 15.8 Å². The Labute approximate surface area is 123 Å². The summed E-state index contributed by atoms with van der Waals surface area (Å²) in [4.78, 5) is 14.9. The molecule has 21 heavy (non-hydrogen) atoms. The van der Waals surface area contributed by atoms with Crippen LogP contribution >= 0.6 is 0 Å². The van der Waals surface area contributed by atoms with E-state index in [0.717, 1.165) is 17.0 Å². The fourth-order valence-electron chi connectivity index (χ4n) is 1.84. The van der Waals surface area contributed by atoms with E-state index in [0.29, 0.717) is 13.2 Å². The summed E-state index contributed by atoms with van der Waals surface area (Å²) in [5.41, 5.74) is 6.89. The van der Waals surface area contributed by atoms with Gasteiger partial charge in [-0.2, -0.15) is 5.10 Å². The van der Waals surface area contributed by atoms with Crippen molar-refractivity contribution in [3.8, 4) is 0 Å². The zero-order valence-electron chi connectivity index (χ0n) is 12.6. The van der Waals surface area contributed by atoms with Gasteiger partial charge in [0.2, 0.25) is 5.91 Å². The third kappa shape index (κ3) is 3.91. The van der Waals surface area contributed by atoms with Crippen molar-refractivity contribution in [1.82, 2.24) is 14.6 Å². The Morgan fingerprint density at radius 3 is 2.90 bits per heavy atom. The number of hydrogen-bond acceptors (Lipinski definition) is 5. The summed E-state index contributed by atoms with van der Waals surface area (Å²) in [6.07, 6.45) is 3.51. The molecule has 7 heteroatoms. The maximum absolute atomic E-state index is 10.6. The van der Waals surface area contributed by atoms with Crippen molar-refractivity contribution in [2.24, 2.45) is 5.73 Å². The number of fused-ring (bicyclic) bond motifs is 1. The molecule has 0 aliphatic rings. The smallest absolute Gasteiger partial charge is 0.243 e. The zero-order valence-corrected chi connectivity index (χ0v) is 12.6. The molecule has 0 aliphatic carbocycles.